The van der Waals surface area contributed by atoms with Crippen molar-refractivity contribution in [2.24, 2.45) is 10.8 Å². The summed E-state index contributed by atoms with van der Waals surface area (Å²) in [5, 5.41) is 0. The number of ether oxygens (including phenoxy) is 1. The molecule has 0 spiro atoms. The molecule has 0 heterocycles. The Morgan fingerprint density at radius 3 is 2.62 bits per heavy atom. The molecule has 0 rings (SSSR count). The SMILES string of the molecule is COCCN=C(NN)N(C)C(C)C. The monoisotopic (exact) mass is 188 g/mol. The molecule has 0 aromatic carbocycles. The van der Waals surface area contributed by atoms with Crippen molar-refractivity contribution in [2.45, 2.75) is 19.9 Å². The molecular weight excluding hydrogens is 168 g/mol. The maximum Gasteiger partial charge on any atom is 0.208 e. The second-order valence-electron chi connectivity index (χ2n) is 3.05. The van der Waals surface area contributed by atoms with Crippen LogP contribution in [0.5, 0.6) is 0 Å². The number of aliphatic imine (C=N–C) groups is 1. The van der Waals surface area contributed by atoms with E-state index >= 15 is 0 Å². The topological polar surface area (TPSA) is 62.9 Å². The Labute approximate surface area is 79.9 Å². The smallest absolute Gasteiger partial charge is 0.208 e. The molecule has 0 aliphatic rings. The van der Waals surface area contributed by atoms with Gasteiger partial charge in [0.25, 0.3) is 0 Å². The van der Waals surface area contributed by atoms with E-state index in [4.69, 9.17) is 10.6 Å². The number of hydrogen-bond donors (Lipinski definition) is 2. The van der Waals surface area contributed by atoms with E-state index in [1.807, 2.05) is 11.9 Å². The Morgan fingerprint density at radius 1 is 1.62 bits per heavy atom. The zero-order valence-electron chi connectivity index (χ0n) is 8.87. The zero-order chi connectivity index (χ0) is 10.3. The predicted molar refractivity (Wildman–Crippen MR) is 54.4 cm³/mol. The van der Waals surface area contributed by atoms with Gasteiger partial charge >= 0.3 is 0 Å². The van der Waals surface area contributed by atoms with Gasteiger partial charge in [-0.25, -0.2) is 10.8 Å². The standard InChI is InChI=1S/C8H20N4O/c1-7(2)12(3)8(11-9)10-5-6-13-4/h7H,5-6,9H2,1-4H3,(H,10,11). The Balaban J connectivity index is 4.06. The van der Waals surface area contributed by atoms with Crippen LogP contribution in [0.4, 0.5) is 0 Å². The molecule has 0 aromatic rings. The third-order valence-electron chi connectivity index (χ3n) is 1.79. The first-order valence-corrected chi connectivity index (χ1v) is 4.36. The number of methoxy groups -OCH3 is 1. The molecule has 78 valence electrons. The van der Waals surface area contributed by atoms with Crippen LogP contribution in [0.3, 0.4) is 0 Å². The predicted octanol–water partition coefficient (Wildman–Crippen LogP) is -0.208. The molecule has 0 aromatic heterocycles. The number of nitrogens with one attached hydrogen (secondary N) is 1. The minimum Gasteiger partial charge on any atom is -0.383 e. The van der Waals surface area contributed by atoms with Crippen LogP contribution in [0.15, 0.2) is 4.99 Å². The highest BCUT2D eigenvalue weighted by atomic mass is 16.5. The van der Waals surface area contributed by atoms with Crippen LogP contribution in [0, 0.1) is 0 Å². The Hall–Kier alpha value is -0.810. The van der Waals surface area contributed by atoms with Crippen molar-refractivity contribution in [3.05, 3.63) is 0 Å². The third kappa shape index (κ3) is 4.69. The lowest BCUT2D eigenvalue weighted by Gasteiger charge is -2.24. The third-order valence-corrected chi connectivity index (χ3v) is 1.79. The van der Waals surface area contributed by atoms with Gasteiger partial charge in [-0.3, -0.25) is 5.43 Å². The van der Waals surface area contributed by atoms with E-state index in [1.54, 1.807) is 7.11 Å². The molecule has 0 bridgehead atoms. The number of guanidine groups is 1. The van der Waals surface area contributed by atoms with Gasteiger partial charge in [0.05, 0.1) is 13.2 Å². The highest BCUT2D eigenvalue weighted by molar-refractivity contribution is 5.79. The van der Waals surface area contributed by atoms with Gasteiger partial charge < -0.3 is 9.64 Å². The van der Waals surface area contributed by atoms with Crippen LogP contribution in [-0.2, 0) is 4.74 Å². The summed E-state index contributed by atoms with van der Waals surface area (Å²) in [5.41, 5.74) is 2.56. The van der Waals surface area contributed by atoms with Crippen molar-refractivity contribution >= 4 is 5.96 Å². The summed E-state index contributed by atoms with van der Waals surface area (Å²) in [6.45, 7) is 5.37. The molecule has 0 radical (unpaired) electrons. The van der Waals surface area contributed by atoms with Crippen molar-refractivity contribution in [3.8, 4) is 0 Å². The highest BCUT2D eigenvalue weighted by Crippen LogP contribution is 1.93. The lowest BCUT2D eigenvalue weighted by atomic mass is 10.4. The van der Waals surface area contributed by atoms with Crippen molar-refractivity contribution in [1.82, 2.24) is 10.3 Å². The summed E-state index contributed by atoms with van der Waals surface area (Å²) >= 11 is 0. The van der Waals surface area contributed by atoms with Gasteiger partial charge in [-0.2, -0.15) is 0 Å². The number of hydrogen-bond acceptors (Lipinski definition) is 3. The fraction of sp³-hybridized carbons (Fsp3) is 0.875. The van der Waals surface area contributed by atoms with E-state index in [9.17, 15) is 0 Å². The molecule has 0 aliphatic carbocycles. The fourth-order valence-corrected chi connectivity index (χ4v) is 0.746. The van der Waals surface area contributed by atoms with E-state index in [1.165, 1.54) is 0 Å². The molecule has 0 aliphatic heterocycles. The fourth-order valence-electron chi connectivity index (χ4n) is 0.746. The van der Waals surface area contributed by atoms with Gasteiger partial charge in [0.1, 0.15) is 0 Å². The van der Waals surface area contributed by atoms with E-state index in [0.717, 1.165) is 0 Å². The van der Waals surface area contributed by atoms with Crippen LogP contribution >= 0.6 is 0 Å². The summed E-state index contributed by atoms with van der Waals surface area (Å²) < 4.78 is 4.88. The second kappa shape index (κ2) is 6.68. The summed E-state index contributed by atoms with van der Waals surface area (Å²) in [5.74, 6) is 6.02. The van der Waals surface area contributed by atoms with E-state index in [2.05, 4.69) is 24.3 Å². The van der Waals surface area contributed by atoms with Gasteiger partial charge in [-0.15, -0.1) is 0 Å². The molecule has 5 heteroatoms. The summed E-state index contributed by atoms with van der Waals surface area (Å²) in [6.07, 6.45) is 0. The molecule has 0 amide bonds. The first kappa shape index (κ1) is 12.2. The number of rotatable bonds is 4. The Kier molecular flexibility index (Phi) is 6.26. The van der Waals surface area contributed by atoms with Gasteiger partial charge in [0, 0.05) is 20.2 Å². The summed E-state index contributed by atoms with van der Waals surface area (Å²) in [7, 11) is 3.59. The second-order valence-corrected chi connectivity index (χ2v) is 3.05. The van der Waals surface area contributed by atoms with Gasteiger partial charge in [-0.05, 0) is 13.8 Å². The lowest BCUT2D eigenvalue weighted by molar-refractivity contribution is 0.207. The molecule has 0 unspecified atom stereocenters. The van der Waals surface area contributed by atoms with Crippen LogP contribution in [0.1, 0.15) is 13.8 Å². The zero-order valence-corrected chi connectivity index (χ0v) is 8.87. The normalized spacial score (nSPS) is 12.0. The Morgan fingerprint density at radius 2 is 2.23 bits per heavy atom. The van der Waals surface area contributed by atoms with Crippen molar-refractivity contribution in [3.63, 3.8) is 0 Å². The number of nitrogens with two attached hydrogens (primary N) is 1. The molecule has 3 N–H and O–H groups in total. The van der Waals surface area contributed by atoms with Crippen LogP contribution < -0.4 is 11.3 Å². The largest absolute Gasteiger partial charge is 0.383 e. The van der Waals surface area contributed by atoms with E-state index in [-0.39, 0.29) is 0 Å². The molecule has 0 saturated carbocycles. The van der Waals surface area contributed by atoms with Crippen molar-refractivity contribution < 1.29 is 4.74 Å². The lowest BCUT2D eigenvalue weighted by Crippen LogP contribution is -2.46. The summed E-state index contributed by atoms with van der Waals surface area (Å²) in [4.78, 5) is 6.20. The molecule has 13 heavy (non-hydrogen) atoms. The number of nitrogens with zero attached hydrogens (tertiary/aromatic N) is 2. The minimum absolute atomic E-state index is 0.373. The molecular formula is C8H20N4O. The van der Waals surface area contributed by atoms with Crippen molar-refractivity contribution in [1.29, 1.82) is 0 Å². The van der Waals surface area contributed by atoms with Crippen LogP contribution in [-0.4, -0.2) is 44.2 Å². The quantitative estimate of drug-likeness (QED) is 0.211. The van der Waals surface area contributed by atoms with Gasteiger partial charge in [0.15, 0.2) is 0 Å². The molecule has 5 nitrogen and oxygen atoms in total. The maximum atomic E-state index is 5.33. The van der Waals surface area contributed by atoms with Gasteiger partial charge in [-0.1, -0.05) is 0 Å². The van der Waals surface area contributed by atoms with Gasteiger partial charge in [0.2, 0.25) is 5.96 Å². The number of hydrazine groups is 1. The molecule has 0 atom stereocenters. The molecule has 0 fully saturated rings. The van der Waals surface area contributed by atoms with E-state index in [0.29, 0.717) is 25.2 Å². The van der Waals surface area contributed by atoms with Crippen LogP contribution in [0.25, 0.3) is 0 Å². The minimum atomic E-state index is 0.373. The average molecular weight is 188 g/mol. The van der Waals surface area contributed by atoms with Crippen molar-refractivity contribution in [2.75, 3.05) is 27.3 Å². The highest BCUT2D eigenvalue weighted by Gasteiger charge is 2.07. The van der Waals surface area contributed by atoms with Crippen LogP contribution in [0.2, 0.25) is 0 Å². The first-order valence-electron chi connectivity index (χ1n) is 4.36. The Bertz CT molecular complexity index is 158. The first-order chi connectivity index (χ1) is 6.13. The molecule has 0 saturated heterocycles. The average Bonchev–Trinajstić information content (AvgIpc) is 2.11. The maximum absolute atomic E-state index is 5.33. The van der Waals surface area contributed by atoms with E-state index < -0.39 is 0 Å². The summed E-state index contributed by atoms with van der Waals surface area (Å²) in [6, 6.07) is 0.373.